The first kappa shape index (κ1) is 10.9. The van der Waals surface area contributed by atoms with E-state index in [2.05, 4.69) is 40.7 Å². The molecule has 0 bridgehead atoms. The van der Waals surface area contributed by atoms with Crippen molar-refractivity contribution < 1.29 is 0 Å². The van der Waals surface area contributed by atoms with Crippen LogP contribution in [0.15, 0.2) is 36.7 Å². The molecule has 0 fully saturated rings. The highest BCUT2D eigenvalue weighted by Crippen LogP contribution is 2.08. The zero-order chi connectivity index (χ0) is 11.4. The minimum atomic E-state index is 0.644. The van der Waals surface area contributed by atoms with E-state index >= 15 is 0 Å². The van der Waals surface area contributed by atoms with Crippen LogP contribution < -0.4 is 5.73 Å². The summed E-state index contributed by atoms with van der Waals surface area (Å²) in [6.07, 6.45) is 4.67. The summed E-state index contributed by atoms with van der Waals surface area (Å²) in [4.78, 5) is 4.31. The van der Waals surface area contributed by atoms with E-state index in [1.54, 1.807) is 0 Å². The number of hydrogen-bond donors (Lipinski definition) is 1. The Labute approximate surface area is 95.9 Å². The fourth-order valence-corrected chi connectivity index (χ4v) is 1.85. The van der Waals surface area contributed by atoms with Gasteiger partial charge in [0, 0.05) is 25.4 Å². The average Bonchev–Trinajstić information content (AvgIpc) is 2.66. The molecule has 0 radical (unpaired) electrons. The van der Waals surface area contributed by atoms with Gasteiger partial charge in [0.1, 0.15) is 5.82 Å². The predicted octanol–water partition coefficient (Wildman–Crippen LogP) is 1.74. The van der Waals surface area contributed by atoms with E-state index in [-0.39, 0.29) is 0 Å². The quantitative estimate of drug-likeness (QED) is 0.844. The van der Waals surface area contributed by atoms with Crippen LogP contribution in [-0.2, 0) is 13.0 Å². The number of rotatable bonds is 4. The molecule has 1 aromatic heterocycles. The van der Waals surface area contributed by atoms with E-state index in [1.165, 1.54) is 11.1 Å². The summed E-state index contributed by atoms with van der Waals surface area (Å²) < 4.78 is 2.15. The molecule has 84 valence electrons. The SMILES string of the molecule is Cc1cccc(Cn2ccnc2CCN)c1. The molecule has 3 nitrogen and oxygen atoms in total. The first-order chi connectivity index (χ1) is 7.79. The van der Waals surface area contributed by atoms with Crippen molar-refractivity contribution in [2.75, 3.05) is 6.54 Å². The number of hydrogen-bond acceptors (Lipinski definition) is 2. The molecular weight excluding hydrogens is 198 g/mol. The molecule has 3 heteroatoms. The number of aromatic nitrogens is 2. The molecule has 0 saturated heterocycles. The molecule has 0 unspecified atom stereocenters. The van der Waals surface area contributed by atoms with Crippen LogP contribution in [0.25, 0.3) is 0 Å². The van der Waals surface area contributed by atoms with Gasteiger partial charge in [-0.25, -0.2) is 4.98 Å². The molecule has 0 saturated carbocycles. The third-order valence-electron chi connectivity index (χ3n) is 2.61. The normalized spacial score (nSPS) is 10.6. The van der Waals surface area contributed by atoms with Crippen molar-refractivity contribution in [3.63, 3.8) is 0 Å². The lowest BCUT2D eigenvalue weighted by atomic mass is 10.1. The molecule has 0 aliphatic heterocycles. The predicted molar refractivity (Wildman–Crippen MR) is 65.3 cm³/mol. The Morgan fingerprint density at radius 2 is 2.25 bits per heavy atom. The third-order valence-corrected chi connectivity index (χ3v) is 2.61. The Bertz CT molecular complexity index is 460. The highest BCUT2D eigenvalue weighted by molar-refractivity contribution is 5.22. The molecule has 0 spiro atoms. The van der Waals surface area contributed by atoms with Crippen LogP contribution in [0.3, 0.4) is 0 Å². The van der Waals surface area contributed by atoms with E-state index < -0.39 is 0 Å². The minimum absolute atomic E-state index is 0.644. The van der Waals surface area contributed by atoms with Crippen molar-refractivity contribution >= 4 is 0 Å². The van der Waals surface area contributed by atoms with Gasteiger partial charge in [0.25, 0.3) is 0 Å². The van der Waals surface area contributed by atoms with E-state index in [0.29, 0.717) is 6.54 Å². The van der Waals surface area contributed by atoms with Crippen LogP contribution in [0, 0.1) is 6.92 Å². The minimum Gasteiger partial charge on any atom is -0.330 e. The first-order valence-corrected chi connectivity index (χ1v) is 5.55. The second-order valence-electron chi connectivity index (χ2n) is 4.00. The van der Waals surface area contributed by atoms with Gasteiger partial charge in [-0.15, -0.1) is 0 Å². The Balaban J connectivity index is 2.17. The Morgan fingerprint density at radius 1 is 1.38 bits per heavy atom. The van der Waals surface area contributed by atoms with Crippen LogP contribution >= 0.6 is 0 Å². The van der Waals surface area contributed by atoms with Gasteiger partial charge >= 0.3 is 0 Å². The summed E-state index contributed by atoms with van der Waals surface area (Å²) in [5.41, 5.74) is 8.14. The summed E-state index contributed by atoms with van der Waals surface area (Å²) in [6, 6.07) is 8.54. The third kappa shape index (κ3) is 2.49. The number of nitrogens with zero attached hydrogens (tertiary/aromatic N) is 2. The van der Waals surface area contributed by atoms with E-state index in [0.717, 1.165) is 18.8 Å². The highest BCUT2D eigenvalue weighted by atomic mass is 15.1. The summed E-state index contributed by atoms with van der Waals surface area (Å²) in [7, 11) is 0. The maximum atomic E-state index is 5.55. The van der Waals surface area contributed by atoms with Crippen LogP contribution in [0.1, 0.15) is 17.0 Å². The van der Waals surface area contributed by atoms with Gasteiger partial charge in [0.2, 0.25) is 0 Å². The van der Waals surface area contributed by atoms with Crippen LogP contribution in [-0.4, -0.2) is 16.1 Å². The highest BCUT2D eigenvalue weighted by Gasteiger charge is 2.02. The Kier molecular flexibility index (Phi) is 3.37. The van der Waals surface area contributed by atoms with Crippen molar-refractivity contribution in [2.45, 2.75) is 19.9 Å². The van der Waals surface area contributed by atoms with Crippen molar-refractivity contribution in [3.05, 3.63) is 53.6 Å². The van der Waals surface area contributed by atoms with E-state index in [4.69, 9.17) is 5.73 Å². The van der Waals surface area contributed by atoms with Crippen molar-refractivity contribution in [3.8, 4) is 0 Å². The van der Waals surface area contributed by atoms with Gasteiger partial charge in [-0.05, 0) is 19.0 Å². The fourth-order valence-electron chi connectivity index (χ4n) is 1.85. The van der Waals surface area contributed by atoms with Crippen LogP contribution in [0.2, 0.25) is 0 Å². The zero-order valence-corrected chi connectivity index (χ0v) is 9.56. The number of imidazole rings is 1. The topological polar surface area (TPSA) is 43.8 Å². The lowest BCUT2D eigenvalue weighted by molar-refractivity contribution is 0.716. The van der Waals surface area contributed by atoms with E-state index in [1.807, 2.05) is 12.4 Å². The van der Waals surface area contributed by atoms with Gasteiger partial charge in [0.15, 0.2) is 0 Å². The number of benzene rings is 1. The van der Waals surface area contributed by atoms with Gasteiger partial charge in [-0.1, -0.05) is 29.8 Å². The smallest absolute Gasteiger partial charge is 0.110 e. The summed E-state index contributed by atoms with van der Waals surface area (Å²) in [5.74, 6) is 1.06. The molecular formula is C13H17N3. The average molecular weight is 215 g/mol. The largest absolute Gasteiger partial charge is 0.330 e. The van der Waals surface area contributed by atoms with Crippen molar-refractivity contribution in [2.24, 2.45) is 5.73 Å². The maximum absolute atomic E-state index is 5.55. The van der Waals surface area contributed by atoms with Gasteiger partial charge in [0.05, 0.1) is 0 Å². The summed E-state index contributed by atoms with van der Waals surface area (Å²) in [5, 5.41) is 0. The standard InChI is InChI=1S/C13H17N3/c1-11-3-2-4-12(9-11)10-16-8-7-15-13(16)5-6-14/h2-4,7-9H,5-6,10,14H2,1H3. The Hall–Kier alpha value is -1.61. The molecule has 2 rings (SSSR count). The van der Waals surface area contributed by atoms with Crippen LogP contribution in [0.5, 0.6) is 0 Å². The molecule has 0 amide bonds. The number of aryl methyl sites for hydroxylation is 1. The molecule has 0 aliphatic carbocycles. The maximum Gasteiger partial charge on any atom is 0.110 e. The fraction of sp³-hybridized carbons (Fsp3) is 0.308. The lowest BCUT2D eigenvalue weighted by Gasteiger charge is -2.07. The molecule has 1 aromatic carbocycles. The lowest BCUT2D eigenvalue weighted by Crippen LogP contribution is -2.10. The molecule has 2 N–H and O–H groups in total. The molecule has 0 aliphatic rings. The zero-order valence-electron chi connectivity index (χ0n) is 9.56. The molecule has 16 heavy (non-hydrogen) atoms. The van der Waals surface area contributed by atoms with Crippen molar-refractivity contribution in [1.82, 2.24) is 9.55 Å². The van der Waals surface area contributed by atoms with E-state index in [9.17, 15) is 0 Å². The molecule has 0 atom stereocenters. The number of nitrogens with two attached hydrogens (primary N) is 1. The first-order valence-electron chi connectivity index (χ1n) is 5.55. The summed E-state index contributed by atoms with van der Waals surface area (Å²) >= 11 is 0. The monoisotopic (exact) mass is 215 g/mol. The van der Waals surface area contributed by atoms with Gasteiger partial charge < -0.3 is 10.3 Å². The van der Waals surface area contributed by atoms with Crippen LogP contribution in [0.4, 0.5) is 0 Å². The Morgan fingerprint density at radius 3 is 3.00 bits per heavy atom. The molecule has 1 heterocycles. The summed E-state index contributed by atoms with van der Waals surface area (Å²) in [6.45, 7) is 3.63. The molecule has 2 aromatic rings. The second-order valence-corrected chi connectivity index (χ2v) is 4.00. The van der Waals surface area contributed by atoms with Gasteiger partial charge in [-0.3, -0.25) is 0 Å². The second kappa shape index (κ2) is 4.94. The van der Waals surface area contributed by atoms with Gasteiger partial charge in [-0.2, -0.15) is 0 Å². The van der Waals surface area contributed by atoms with Crippen molar-refractivity contribution in [1.29, 1.82) is 0 Å².